The number of methoxy groups -OCH3 is 2. The van der Waals surface area contributed by atoms with Crippen molar-refractivity contribution in [1.29, 1.82) is 0 Å². The quantitative estimate of drug-likeness (QED) is 0.189. The maximum atomic E-state index is 13.7. The van der Waals surface area contributed by atoms with Crippen LogP contribution in [0.15, 0.2) is 81.8 Å². The third kappa shape index (κ3) is 10.6. The molecule has 8 aliphatic carbocycles. The highest BCUT2D eigenvalue weighted by Crippen LogP contribution is 2.69. The van der Waals surface area contributed by atoms with Gasteiger partial charge in [0.05, 0.1) is 25.6 Å². The molecule has 0 bridgehead atoms. The average Bonchev–Trinajstić information content (AvgIpc) is 3.92. The average molecular weight is 1010 g/mol. The van der Waals surface area contributed by atoms with E-state index >= 15 is 0 Å². The number of fused-ring (bicyclic) bond motifs is 10. The van der Waals surface area contributed by atoms with E-state index in [1.54, 1.807) is 14.2 Å². The number of ether oxygens (including phenoxy) is 2. The van der Waals surface area contributed by atoms with Crippen LogP contribution in [0.5, 0.6) is 11.5 Å². The Morgan fingerprint density at radius 3 is 1.23 bits per heavy atom. The Morgan fingerprint density at radius 2 is 0.878 bits per heavy atom. The van der Waals surface area contributed by atoms with E-state index in [1.165, 1.54) is 89.9 Å². The van der Waals surface area contributed by atoms with Crippen molar-refractivity contribution in [3.63, 3.8) is 0 Å². The molecule has 0 spiro atoms. The molecule has 8 aliphatic rings. The molecule has 0 aromatic heterocycles. The summed E-state index contributed by atoms with van der Waals surface area (Å²) in [6.45, 7) is 24.5. The minimum Gasteiger partial charge on any atom is -0.497 e. The Bertz CT molecular complexity index is 2270. The van der Waals surface area contributed by atoms with Crippen molar-refractivity contribution in [3.8, 4) is 11.5 Å². The molecule has 2 aromatic rings. The van der Waals surface area contributed by atoms with Crippen molar-refractivity contribution in [1.82, 2.24) is 0 Å². The fourth-order valence-corrected chi connectivity index (χ4v) is 18.7. The largest absolute Gasteiger partial charge is 0.497 e. The molecule has 404 valence electrons. The van der Waals surface area contributed by atoms with E-state index in [1.807, 2.05) is 48.5 Å². The minimum atomic E-state index is 0.0151. The number of nitrogens with zero attached hydrogens (tertiary/aromatic N) is 2. The number of hydrogen-bond acceptors (Lipinski definition) is 6. The van der Waals surface area contributed by atoms with Crippen LogP contribution in [-0.4, -0.2) is 37.2 Å². The van der Waals surface area contributed by atoms with Crippen LogP contribution in [0.4, 0.5) is 11.4 Å². The van der Waals surface area contributed by atoms with Crippen LogP contribution >= 0.6 is 0 Å². The van der Waals surface area contributed by atoms with Crippen molar-refractivity contribution >= 4 is 34.4 Å². The second-order valence-corrected chi connectivity index (χ2v) is 27.6. The molecule has 0 radical (unpaired) electrons. The molecule has 74 heavy (non-hydrogen) atoms. The van der Waals surface area contributed by atoms with Crippen molar-refractivity contribution in [3.05, 3.63) is 71.8 Å². The first kappa shape index (κ1) is 55.0. The summed E-state index contributed by atoms with van der Waals surface area (Å²) in [7, 11) is 3.37. The summed E-state index contributed by atoms with van der Waals surface area (Å²) in [4.78, 5) is 37.3. The molecular formula is C68H98N2O4. The fraction of sp³-hybridized carbons (Fsp3) is 0.706. The van der Waals surface area contributed by atoms with Gasteiger partial charge in [0.2, 0.25) is 0 Å². The number of ketones is 2. The lowest BCUT2D eigenvalue weighted by Crippen LogP contribution is -2.53. The smallest absolute Gasteiger partial charge is 0.159 e. The van der Waals surface area contributed by atoms with Crippen molar-refractivity contribution in [2.45, 2.75) is 198 Å². The van der Waals surface area contributed by atoms with Gasteiger partial charge in [0.1, 0.15) is 11.5 Å². The molecular weight excluding hydrogens is 909 g/mol. The van der Waals surface area contributed by atoms with Gasteiger partial charge in [-0.2, -0.15) is 0 Å². The third-order valence-corrected chi connectivity index (χ3v) is 22.7. The van der Waals surface area contributed by atoms with E-state index in [2.05, 4.69) is 81.4 Å². The van der Waals surface area contributed by atoms with Gasteiger partial charge >= 0.3 is 0 Å². The third-order valence-electron chi connectivity index (χ3n) is 22.7. The Labute approximate surface area is 449 Å². The molecule has 0 amide bonds. The zero-order valence-electron chi connectivity index (χ0n) is 48.4. The Morgan fingerprint density at radius 1 is 0.500 bits per heavy atom. The number of allylic oxidation sites excluding steroid dienone is 4. The van der Waals surface area contributed by atoms with Gasteiger partial charge < -0.3 is 9.47 Å². The van der Waals surface area contributed by atoms with Crippen molar-refractivity contribution in [2.75, 3.05) is 14.2 Å². The van der Waals surface area contributed by atoms with Crippen molar-refractivity contribution in [2.24, 2.45) is 103 Å². The van der Waals surface area contributed by atoms with Crippen LogP contribution in [0.1, 0.15) is 198 Å². The summed E-state index contributed by atoms with van der Waals surface area (Å²) in [6.07, 6.45) is 28.8. The SMILES string of the molecule is COc1ccc(N=C2C=C3C(=O)C[C@H]4[C@@H]5CC[C@H]([C@H](C)CCCC(C)C)[C@@]5(C)CC[C@@H]4[C@@]3(C)CC2)cc1.COc1ccc(N=C2C=C3C(=O)C[C@H]4[C@@H]5CC[C@H]([C@H](C)CCCC(C)C)[C@@]5(C)CC[C@@H]4[C@@]3(C)CC2)cc1. The van der Waals surface area contributed by atoms with E-state index in [0.717, 1.165) is 131 Å². The van der Waals surface area contributed by atoms with Crippen LogP contribution in [0.25, 0.3) is 0 Å². The normalized spacial score (nSPS) is 37.1. The first-order chi connectivity index (χ1) is 35.3. The van der Waals surface area contributed by atoms with Gasteiger partial charge in [-0.25, -0.2) is 0 Å². The van der Waals surface area contributed by atoms with E-state index in [0.29, 0.717) is 46.1 Å². The second-order valence-electron chi connectivity index (χ2n) is 27.6. The van der Waals surface area contributed by atoms with Crippen molar-refractivity contribution < 1.29 is 19.1 Å². The predicted octanol–water partition coefficient (Wildman–Crippen LogP) is 18.0. The zero-order valence-corrected chi connectivity index (χ0v) is 48.4. The van der Waals surface area contributed by atoms with E-state index < -0.39 is 0 Å². The number of aliphatic imine (C=N–C) groups is 2. The van der Waals surface area contributed by atoms with Crippen LogP contribution in [0, 0.1) is 92.7 Å². The predicted molar refractivity (Wildman–Crippen MR) is 307 cm³/mol. The van der Waals surface area contributed by atoms with Gasteiger partial charge in [0.25, 0.3) is 0 Å². The summed E-state index contributed by atoms with van der Waals surface area (Å²) in [5.41, 5.74) is 7.01. The molecule has 0 aliphatic heterocycles. The lowest BCUT2D eigenvalue weighted by molar-refractivity contribution is -0.129. The number of carbonyl (C=O) groups excluding carboxylic acids is 2. The Hall–Kier alpha value is -3.80. The van der Waals surface area contributed by atoms with Crippen LogP contribution in [0.3, 0.4) is 0 Å². The van der Waals surface area contributed by atoms with Gasteiger partial charge in [0.15, 0.2) is 11.6 Å². The second kappa shape index (κ2) is 22.3. The van der Waals surface area contributed by atoms with Crippen LogP contribution in [0.2, 0.25) is 0 Å². The van der Waals surface area contributed by atoms with Crippen LogP contribution < -0.4 is 9.47 Å². The molecule has 0 unspecified atom stereocenters. The Balaban J connectivity index is 0.000000182. The molecule has 6 nitrogen and oxygen atoms in total. The van der Waals surface area contributed by atoms with E-state index in [-0.39, 0.29) is 10.8 Å². The molecule has 6 heteroatoms. The van der Waals surface area contributed by atoms with E-state index in [9.17, 15) is 9.59 Å². The molecule has 14 atom stereocenters. The molecule has 6 saturated carbocycles. The molecule has 0 saturated heterocycles. The lowest BCUT2D eigenvalue weighted by atomic mass is 9.46. The molecule has 0 N–H and O–H groups in total. The summed E-state index contributed by atoms with van der Waals surface area (Å²) in [6, 6.07) is 15.8. The number of carbonyl (C=O) groups is 2. The topological polar surface area (TPSA) is 77.3 Å². The summed E-state index contributed by atoms with van der Waals surface area (Å²) < 4.78 is 10.6. The number of rotatable bonds is 14. The molecule has 6 fully saturated rings. The minimum absolute atomic E-state index is 0.0151. The lowest BCUT2D eigenvalue weighted by Gasteiger charge is -2.58. The summed E-state index contributed by atoms with van der Waals surface area (Å²) in [5.74, 6) is 11.3. The van der Waals surface area contributed by atoms with Gasteiger partial charge in [-0.15, -0.1) is 0 Å². The monoisotopic (exact) mass is 1010 g/mol. The van der Waals surface area contributed by atoms with Gasteiger partial charge in [-0.3, -0.25) is 19.6 Å². The number of benzene rings is 2. The standard InChI is InChI=1S/2C34H49NO2/c2*1-22(2)8-7-9-23(3)28-14-15-29-27-21-32(36)31-20-25(35-24-10-12-26(37-6)13-11-24)16-18-34(31,5)30(27)17-19-33(28,29)4/h2*10-13,20,22-23,27-30H,7-9,14-19,21H2,1-6H3/t2*23-,27+,28-,29+,30+,33-,34-/m11/s1. The maximum Gasteiger partial charge on any atom is 0.159 e. The highest BCUT2D eigenvalue weighted by atomic mass is 16.5. The highest BCUT2D eigenvalue weighted by Gasteiger charge is 2.62. The first-order valence-corrected chi connectivity index (χ1v) is 30.2. The first-order valence-electron chi connectivity index (χ1n) is 30.2. The van der Waals surface area contributed by atoms with Gasteiger partial charge in [-0.1, -0.05) is 108 Å². The summed E-state index contributed by atoms with van der Waals surface area (Å²) in [5, 5.41) is 0. The zero-order chi connectivity index (χ0) is 52.7. The number of Topliss-reactive ketones (excluding diaryl/α,β-unsaturated/α-hetero) is 2. The fourth-order valence-electron chi connectivity index (χ4n) is 18.7. The number of hydrogen-bond donors (Lipinski definition) is 0. The molecule has 0 heterocycles. The summed E-state index contributed by atoms with van der Waals surface area (Å²) >= 11 is 0. The Kier molecular flexibility index (Phi) is 16.5. The highest BCUT2D eigenvalue weighted by molar-refractivity contribution is 6.09. The molecule has 2 aromatic carbocycles. The van der Waals surface area contributed by atoms with Crippen LogP contribution in [-0.2, 0) is 9.59 Å². The van der Waals surface area contributed by atoms with E-state index in [4.69, 9.17) is 19.5 Å². The van der Waals surface area contributed by atoms with Gasteiger partial charge in [-0.05, 0) is 230 Å². The van der Waals surface area contributed by atoms with Gasteiger partial charge in [0, 0.05) is 35.4 Å². The molecule has 10 rings (SSSR count). The maximum absolute atomic E-state index is 13.7.